The van der Waals surface area contributed by atoms with Crippen molar-refractivity contribution in [2.24, 2.45) is 4.99 Å². The predicted molar refractivity (Wildman–Crippen MR) is 71.9 cm³/mol. The van der Waals surface area contributed by atoms with E-state index in [0.717, 1.165) is 10.0 Å². The van der Waals surface area contributed by atoms with E-state index in [1.807, 2.05) is 24.3 Å². The number of nitrogens with zero attached hydrogens (tertiary/aromatic N) is 1. The molecule has 0 aliphatic carbocycles. The quantitative estimate of drug-likeness (QED) is 0.909. The molecule has 0 amide bonds. The second-order valence-corrected chi connectivity index (χ2v) is 5.13. The van der Waals surface area contributed by atoms with E-state index >= 15 is 0 Å². The molecular formula is C13H14BrNO3. The summed E-state index contributed by atoms with van der Waals surface area (Å²) in [5.41, 5.74) is 1.14. The second kappa shape index (κ2) is 6.00. The first-order valence-corrected chi connectivity index (χ1v) is 6.59. The standard InChI is InChI=1S/C13H14BrNO3/c14-10-3-1-9(2-4-10)7-12-15-8-11(18-12)5-6-13(16)17/h1-4,11H,5-8H2,(H,16,17). The zero-order chi connectivity index (χ0) is 13.0. The molecule has 0 bridgehead atoms. The van der Waals surface area contributed by atoms with Crippen molar-refractivity contribution in [3.63, 3.8) is 0 Å². The van der Waals surface area contributed by atoms with Gasteiger partial charge in [-0.05, 0) is 24.1 Å². The SMILES string of the molecule is O=C(O)CCC1CN=C(Cc2ccc(Br)cc2)O1. The van der Waals surface area contributed by atoms with Gasteiger partial charge in [0.15, 0.2) is 5.90 Å². The van der Waals surface area contributed by atoms with Gasteiger partial charge in [-0.2, -0.15) is 0 Å². The topological polar surface area (TPSA) is 58.9 Å². The highest BCUT2D eigenvalue weighted by Crippen LogP contribution is 2.16. The number of halogens is 1. The number of benzene rings is 1. The van der Waals surface area contributed by atoms with Crippen molar-refractivity contribution in [1.82, 2.24) is 0 Å². The van der Waals surface area contributed by atoms with Crippen LogP contribution in [0.2, 0.25) is 0 Å². The Kier molecular flexibility index (Phi) is 4.36. The van der Waals surface area contributed by atoms with Crippen LogP contribution in [0.5, 0.6) is 0 Å². The zero-order valence-electron chi connectivity index (χ0n) is 9.80. The third-order valence-corrected chi connectivity index (χ3v) is 3.25. The molecule has 0 aromatic heterocycles. The van der Waals surface area contributed by atoms with E-state index in [1.165, 1.54) is 0 Å². The lowest BCUT2D eigenvalue weighted by Crippen LogP contribution is -2.15. The molecule has 0 saturated carbocycles. The Morgan fingerprint density at radius 1 is 1.44 bits per heavy atom. The number of aliphatic carboxylic acids is 1. The van der Waals surface area contributed by atoms with Crippen LogP contribution in [0, 0.1) is 0 Å². The predicted octanol–water partition coefficient (Wildman–Crippen LogP) is 2.65. The molecule has 0 fully saturated rings. The van der Waals surface area contributed by atoms with Gasteiger partial charge >= 0.3 is 5.97 Å². The maximum atomic E-state index is 10.5. The average molecular weight is 312 g/mol. The van der Waals surface area contributed by atoms with Gasteiger partial charge in [-0.1, -0.05) is 28.1 Å². The highest BCUT2D eigenvalue weighted by Gasteiger charge is 2.20. The fraction of sp³-hybridized carbons (Fsp3) is 0.385. The normalized spacial score (nSPS) is 18.3. The lowest BCUT2D eigenvalue weighted by Gasteiger charge is -2.09. The van der Waals surface area contributed by atoms with Crippen LogP contribution >= 0.6 is 15.9 Å². The summed E-state index contributed by atoms with van der Waals surface area (Å²) < 4.78 is 6.66. The number of aliphatic imine (C=N–C) groups is 1. The van der Waals surface area contributed by atoms with Gasteiger partial charge in [-0.15, -0.1) is 0 Å². The number of carboxylic acid groups (broad SMARTS) is 1. The Balaban J connectivity index is 1.82. The van der Waals surface area contributed by atoms with Crippen LogP contribution in [-0.2, 0) is 16.0 Å². The highest BCUT2D eigenvalue weighted by atomic mass is 79.9. The number of hydrogen-bond donors (Lipinski definition) is 1. The van der Waals surface area contributed by atoms with Crippen molar-refractivity contribution in [2.75, 3.05) is 6.54 Å². The fourth-order valence-corrected chi connectivity index (χ4v) is 2.04. The summed E-state index contributed by atoms with van der Waals surface area (Å²) in [4.78, 5) is 14.8. The molecule has 0 saturated heterocycles. The summed E-state index contributed by atoms with van der Waals surface area (Å²) in [6.07, 6.45) is 1.23. The average Bonchev–Trinajstić information content (AvgIpc) is 2.77. The summed E-state index contributed by atoms with van der Waals surface area (Å²) >= 11 is 3.38. The third-order valence-electron chi connectivity index (χ3n) is 2.72. The second-order valence-electron chi connectivity index (χ2n) is 4.21. The van der Waals surface area contributed by atoms with Gasteiger partial charge in [0.25, 0.3) is 0 Å². The lowest BCUT2D eigenvalue weighted by atomic mass is 10.1. The van der Waals surface area contributed by atoms with Crippen molar-refractivity contribution in [3.05, 3.63) is 34.3 Å². The maximum Gasteiger partial charge on any atom is 0.303 e. The lowest BCUT2D eigenvalue weighted by molar-refractivity contribution is -0.137. The van der Waals surface area contributed by atoms with Crippen LogP contribution in [0.3, 0.4) is 0 Å². The smallest absolute Gasteiger partial charge is 0.303 e. The van der Waals surface area contributed by atoms with Gasteiger partial charge in [0.2, 0.25) is 0 Å². The minimum absolute atomic E-state index is 0.0773. The summed E-state index contributed by atoms with van der Waals surface area (Å²) in [6, 6.07) is 7.99. The van der Waals surface area contributed by atoms with Crippen molar-refractivity contribution in [3.8, 4) is 0 Å². The van der Waals surface area contributed by atoms with E-state index in [0.29, 0.717) is 25.3 Å². The Bertz CT molecular complexity index is 456. The number of rotatable bonds is 5. The maximum absolute atomic E-state index is 10.5. The Morgan fingerprint density at radius 2 is 2.17 bits per heavy atom. The highest BCUT2D eigenvalue weighted by molar-refractivity contribution is 9.10. The van der Waals surface area contributed by atoms with Gasteiger partial charge in [-0.25, -0.2) is 0 Å². The number of carboxylic acids is 1. The third kappa shape index (κ3) is 3.84. The number of carbonyl (C=O) groups is 1. The number of ether oxygens (including phenoxy) is 1. The minimum Gasteiger partial charge on any atom is -0.481 e. The van der Waals surface area contributed by atoms with Crippen LogP contribution in [0.1, 0.15) is 18.4 Å². The summed E-state index contributed by atoms with van der Waals surface area (Å²) in [7, 11) is 0. The van der Waals surface area contributed by atoms with E-state index in [-0.39, 0.29) is 12.5 Å². The Hall–Kier alpha value is -1.36. The molecule has 1 aliphatic heterocycles. The fourth-order valence-electron chi connectivity index (χ4n) is 1.78. The van der Waals surface area contributed by atoms with Gasteiger partial charge in [0.05, 0.1) is 6.54 Å². The summed E-state index contributed by atoms with van der Waals surface area (Å²) in [6.45, 7) is 0.569. The van der Waals surface area contributed by atoms with E-state index in [9.17, 15) is 4.79 Å². The van der Waals surface area contributed by atoms with E-state index in [2.05, 4.69) is 20.9 Å². The van der Waals surface area contributed by atoms with Crippen LogP contribution in [-0.4, -0.2) is 29.6 Å². The molecule has 1 aromatic carbocycles. The molecule has 1 aromatic rings. The van der Waals surface area contributed by atoms with Crippen LogP contribution in [0.4, 0.5) is 0 Å². The Morgan fingerprint density at radius 3 is 2.83 bits per heavy atom. The zero-order valence-corrected chi connectivity index (χ0v) is 11.4. The molecule has 1 heterocycles. The van der Waals surface area contributed by atoms with Crippen LogP contribution in [0.15, 0.2) is 33.7 Å². The molecule has 4 nitrogen and oxygen atoms in total. The van der Waals surface area contributed by atoms with Gasteiger partial charge in [-0.3, -0.25) is 9.79 Å². The molecule has 96 valence electrons. The monoisotopic (exact) mass is 311 g/mol. The van der Waals surface area contributed by atoms with E-state index < -0.39 is 5.97 Å². The molecule has 1 atom stereocenters. The molecular weight excluding hydrogens is 298 g/mol. The molecule has 2 rings (SSSR count). The van der Waals surface area contributed by atoms with Crippen molar-refractivity contribution in [1.29, 1.82) is 0 Å². The molecule has 0 radical (unpaired) electrons. The summed E-state index contributed by atoms with van der Waals surface area (Å²) in [5.74, 6) is -0.0901. The molecule has 5 heteroatoms. The van der Waals surface area contributed by atoms with E-state index in [4.69, 9.17) is 9.84 Å². The van der Waals surface area contributed by atoms with Crippen molar-refractivity contribution >= 4 is 27.8 Å². The molecule has 0 spiro atoms. The van der Waals surface area contributed by atoms with Crippen molar-refractivity contribution in [2.45, 2.75) is 25.4 Å². The summed E-state index contributed by atoms with van der Waals surface area (Å²) in [5, 5.41) is 8.60. The van der Waals surface area contributed by atoms with E-state index in [1.54, 1.807) is 0 Å². The van der Waals surface area contributed by atoms with Gasteiger partial charge in [0.1, 0.15) is 6.10 Å². The molecule has 1 N–H and O–H groups in total. The molecule has 1 aliphatic rings. The molecule has 18 heavy (non-hydrogen) atoms. The van der Waals surface area contributed by atoms with Crippen molar-refractivity contribution < 1.29 is 14.6 Å². The van der Waals surface area contributed by atoms with Crippen LogP contribution < -0.4 is 0 Å². The first-order valence-electron chi connectivity index (χ1n) is 5.79. The molecule has 1 unspecified atom stereocenters. The number of hydrogen-bond acceptors (Lipinski definition) is 3. The minimum atomic E-state index is -0.792. The first kappa shape index (κ1) is 13.1. The Labute approximate surface area is 114 Å². The van der Waals surface area contributed by atoms with Gasteiger partial charge < -0.3 is 9.84 Å². The largest absolute Gasteiger partial charge is 0.481 e. The van der Waals surface area contributed by atoms with Crippen LogP contribution in [0.25, 0.3) is 0 Å². The van der Waals surface area contributed by atoms with Gasteiger partial charge in [0, 0.05) is 17.3 Å². The first-order chi connectivity index (χ1) is 8.63.